The first kappa shape index (κ1) is 23.8. The van der Waals surface area contributed by atoms with Gasteiger partial charge in [0.25, 0.3) is 5.91 Å². The molecule has 0 saturated carbocycles. The van der Waals surface area contributed by atoms with Crippen molar-refractivity contribution in [2.45, 2.75) is 31.5 Å². The summed E-state index contributed by atoms with van der Waals surface area (Å²) in [4.78, 5) is 29.4. The predicted molar refractivity (Wildman–Crippen MR) is 108 cm³/mol. The summed E-state index contributed by atoms with van der Waals surface area (Å²) in [5.41, 5.74) is 5.83. The molecular formula is C20H18BrF4N3O4. The summed E-state index contributed by atoms with van der Waals surface area (Å²) >= 11 is 3.12. The molecule has 7 nitrogen and oxygen atoms in total. The Hall–Kier alpha value is -2.89. The van der Waals surface area contributed by atoms with Gasteiger partial charge in [0.15, 0.2) is 11.9 Å². The van der Waals surface area contributed by atoms with E-state index in [9.17, 15) is 27.2 Å². The number of primary amides is 1. The van der Waals surface area contributed by atoms with Gasteiger partial charge in [-0.25, -0.2) is 9.37 Å². The van der Waals surface area contributed by atoms with Crippen LogP contribution in [-0.4, -0.2) is 53.4 Å². The van der Waals surface area contributed by atoms with Crippen LogP contribution in [0.5, 0.6) is 11.5 Å². The Balaban J connectivity index is 1.57. The second kappa shape index (κ2) is 9.72. The molecule has 1 aromatic heterocycles. The van der Waals surface area contributed by atoms with Crippen molar-refractivity contribution in [2.75, 3.05) is 13.1 Å². The van der Waals surface area contributed by atoms with E-state index in [1.54, 1.807) is 0 Å². The molecule has 2 amide bonds. The van der Waals surface area contributed by atoms with Gasteiger partial charge in [-0.2, -0.15) is 0 Å². The molecule has 2 atom stereocenters. The highest BCUT2D eigenvalue weighted by molar-refractivity contribution is 9.10. The third-order valence-electron chi connectivity index (χ3n) is 4.72. The third kappa shape index (κ3) is 6.31. The van der Waals surface area contributed by atoms with Gasteiger partial charge in [0, 0.05) is 13.0 Å². The summed E-state index contributed by atoms with van der Waals surface area (Å²) in [6, 6.07) is 6.27. The SMILES string of the molecule is NC(=O)c1cc(Br)ncc1OC1CCN(C(=O)Cc2ccc(OC(F)(F)F)cc2)CC1F. The highest BCUT2D eigenvalue weighted by atomic mass is 79.9. The van der Waals surface area contributed by atoms with Gasteiger partial charge in [0.05, 0.1) is 24.7 Å². The summed E-state index contributed by atoms with van der Waals surface area (Å²) in [6.07, 6.45) is -5.91. The number of halogens is 5. The number of nitrogens with two attached hydrogens (primary N) is 1. The molecule has 2 unspecified atom stereocenters. The molecular weight excluding hydrogens is 502 g/mol. The first-order valence-corrected chi connectivity index (χ1v) is 10.2. The number of alkyl halides is 4. The number of carbonyl (C=O) groups excluding carboxylic acids is 2. The molecule has 1 aliphatic heterocycles. The van der Waals surface area contributed by atoms with Crippen LogP contribution in [0.25, 0.3) is 0 Å². The van der Waals surface area contributed by atoms with E-state index in [2.05, 4.69) is 25.7 Å². The van der Waals surface area contributed by atoms with Crippen molar-refractivity contribution in [3.05, 3.63) is 52.3 Å². The number of carbonyl (C=O) groups is 2. The molecule has 12 heteroatoms. The smallest absolute Gasteiger partial charge is 0.485 e. The summed E-state index contributed by atoms with van der Waals surface area (Å²) in [5, 5.41) is 0. The zero-order valence-electron chi connectivity index (χ0n) is 16.4. The number of likely N-dealkylation sites (tertiary alicyclic amines) is 1. The average Bonchev–Trinajstić information content (AvgIpc) is 2.70. The van der Waals surface area contributed by atoms with Gasteiger partial charge in [-0.1, -0.05) is 12.1 Å². The van der Waals surface area contributed by atoms with E-state index in [1.807, 2.05) is 0 Å². The van der Waals surface area contributed by atoms with Crippen LogP contribution in [0.2, 0.25) is 0 Å². The molecule has 0 radical (unpaired) electrons. The Morgan fingerprint density at radius 1 is 1.25 bits per heavy atom. The lowest BCUT2D eigenvalue weighted by atomic mass is 10.0. The van der Waals surface area contributed by atoms with Crippen LogP contribution in [0.15, 0.2) is 41.1 Å². The van der Waals surface area contributed by atoms with Crippen molar-refractivity contribution in [3.8, 4) is 11.5 Å². The summed E-state index contributed by atoms with van der Waals surface area (Å²) in [6.45, 7) is -0.0241. The fourth-order valence-corrected chi connectivity index (χ4v) is 3.54. The van der Waals surface area contributed by atoms with E-state index in [0.29, 0.717) is 10.2 Å². The van der Waals surface area contributed by atoms with Crippen LogP contribution < -0.4 is 15.2 Å². The number of piperidine rings is 1. The standard InChI is InChI=1S/C20H18BrF4N3O4/c21-17-8-13(19(26)30)16(9-27-17)31-15-5-6-28(10-14(15)22)18(29)7-11-1-3-12(4-2-11)32-20(23,24)25/h1-4,8-9,14-15H,5-7,10H2,(H2,26,30). The van der Waals surface area contributed by atoms with Crippen molar-refractivity contribution in [3.63, 3.8) is 0 Å². The Kier molecular flexibility index (Phi) is 7.22. The molecule has 1 saturated heterocycles. The molecule has 32 heavy (non-hydrogen) atoms. The topological polar surface area (TPSA) is 94.8 Å². The number of amides is 2. The van der Waals surface area contributed by atoms with Crippen LogP contribution in [0, 0.1) is 0 Å². The lowest BCUT2D eigenvalue weighted by Gasteiger charge is -2.35. The van der Waals surface area contributed by atoms with Gasteiger partial charge >= 0.3 is 6.36 Å². The lowest BCUT2D eigenvalue weighted by molar-refractivity contribution is -0.274. The normalized spacial score (nSPS) is 18.8. The number of hydrogen-bond acceptors (Lipinski definition) is 5. The van der Waals surface area contributed by atoms with E-state index in [0.717, 1.165) is 12.1 Å². The molecule has 1 aromatic carbocycles. The maximum atomic E-state index is 14.7. The minimum atomic E-state index is -4.80. The number of pyridine rings is 1. The fourth-order valence-electron chi connectivity index (χ4n) is 3.20. The van der Waals surface area contributed by atoms with Crippen molar-refractivity contribution in [1.82, 2.24) is 9.88 Å². The maximum Gasteiger partial charge on any atom is 0.573 e. The molecule has 172 valence electrons. The zero-order valence-corrected chi connectivity index (χ0v) is 18.0. The molecule has 2 aromatic rings. The van der Waals surface area contributed by atoms with Gasteiger partial charge in [0.2, 0.25) is 5.91 Å². The third-order valence-corrected chi connectivity index (χ3v) is 5.16. The zero-order chi connectivity index (χ0) is 23.5. The first-order chi connectivity index (χ1) is 15.0. The van der Waals surface area contributed by atoms with Gasteiger partial charge < -0.3 is 20.1 Å². The average molecular weight is 520 g/mol. The number of ether oxygens (including phenoxy) is 2. The minimum absolute atomic E-state index is 0.0503. The van der Waals surface area contributed by atoms with E-state index in [1.165, 1.54) is 29.3 Å². The summed E-state index contributed by atoms with van der Waals surface area (Å²) < 4.78 is 61.2. The molecule has 0 aliphatic carbocycles. The molecule has 0 bridgehead atoms. The molecule has 3 rings (SSSR count). The number of benzene rings is 1. The van der Waals surface area contributed by atoms with Crippen LogP contribution in [0.1, 0.15) is 22.3 Å². The van der Waals surface area contributed by atoms with E-state index >= 15 is 0 Å². The molecule has 1 fully saturated rings. The van der Waals surface area contributed by atoms with E-state index in [-0.39, 0.29) is 43.2 Å². The van der Waals surface area contributed by atoms with Crippen molar-refractivity contribution in [2.24, 2.45) is 5.73 Å². The molecule has 2 N–H and O–H groups in total. The Morgan fingerprint density at radius 2 is 1.94 bits per heavy atom. The number of aromatic nitrogens is 1. The van der Waals surface area contributed by atoms with Gasteiger partial charge in [-0.05, 0) is 39.7 Å². The first-order valence-electron chi connectivity index (χ1n) is 9.40. The van der Waals surface area contributed by atoms with Gasteiger partial charge in [0.1, 0.15) is 16.5 Å². The summed E-state index contributed by atoms with van der Waals surface area (Å²) in [5.74, 6) is -1.47. The lowest BCUT2D eigenvalue weighted by Crippen LogP contribution is -2.49. The minimum Gasteiger partial charge on any atom is -0.485 e. The van der Waals surface area contributed by atoms with Crippen LogP contribution in [0.4, 0.5) is 17.6 Å². The number of rotatable bonds is 6. The number of nitrogens with zero attached hydrogens (tertiary/aromatic N) is 2. The van der Waals surface area contributed by atoms with Crippen molar-refractivity contribution >= 4 is 27.7 Å². The summed E-state index contributed by atoms with van der Waals surface area (Å²) in [7, 11) is 0. The van der Waals surface area contributed by atoms with Crippen molar-refractivity contribution < 1.29 is 36.6 Å². The Morgan fingerprint density at radius 3 is 2.53 bits per heavy atom. The van der Waals surface area contributed by atoms with Crippen LogP contribution in [-0.2, 0) is 11.2 Å². The molecule has 2 heterocycles. The Labute approximate surface area is 188 Å². The predicted octanol–water partition coefficient (Wildman–Crippen LogP) is 3.40. The van der Waals surface area contributed by atoms with E-state index < -0.39 is 30.3 Å². The fraction of sp³-hybridized carbons (Fsp3) is 0.350. The van der Waals surface area contributed by atoms with Crippen LogP contribution in [0.3, 0.4) is 0 Å². The quantitative estimate of drug-likeness (QED) is 0.466. The highest BCUT2D eigenvalue weighted by Gasteiger charge is 2.34. The second-order valence-corrected chi connectivity index (χ2v) is 7.85. The van der Waals surface area contributed by atoms with Gasteiger partial charge in [-0.3, -0.25) is 9.59 Å². The van der Waals surface area contributed by atoms with Crippen molar-refractivity contribution in [1.29, 1.82) is 0 Å². The largest absolute Gasteiger partial charge is 0.573 e. The maximum absolute atomic E-state index is 14.7. The highest BCUT2D eigenvalue weighted by Crippen LogP contribution is 2.27. The molecule has 1 aliphatic rings. The molecule has 0 spiro atoms. The van der Waals surface area contributed by atoms with Gasteiger partial charge in [-0.15, -0.1) is 13.2 Å². The Bertz CT molecular complexity index is 988. The number of hydrogen-bond donors (Lipinski definition) is 1. The second-order valence-electron chi connectivity index (χ2n) is 7.04. The monoisotopic (exact) mass is 519 g/mol. The van der Waals surface area contributed by atoms with E-state index in [4.69, 9.17) is 10.5 Å². The van der Waals surface area contributed by atoms with Crippen LogP contribution >= 0.6 is 15.9 Å².